The molecule has 0 bridgehead atoms. The van der Waals surface area contributed by atoms with Crippen LogP contribution in [-0.4, -0.2) is 83.5 Å². The van der Waals surface area contributed by atoms with Crippen LogP contribution in [0.2, 0.25) is 0 Å². The van der Waals surface area contributed by atoms with Gasteiger partial charge in [0.25, 0.3) is 0 Å². The number of piperidine rings is 1. The smallest absolute Gasteiger partial charge is 0.224 e. The van der Waals surface area contributed by atoms with Crippen LogP contribution in [0.4, 0.5) is 0 Å². The summed E-state index contributed by atoms with van der Waals surface area (Å²) in [7, 11) is 0. The second kappa shape index (κ2) is 7.75. The number of hydrogen-bond acceptors (Lipinski definition) is 4. The van der Waals surface area contributed by atoms with Crippen molar-refractivity contribution in [2.45, 2.75) is 38.6 Å². The van der Waals surface area contributed by atoms with E-state index in [0.29, 0.717) is 13.0 Å². The van der Waals surface area contributed by atoms with Gasteiger partial charge < -0.3 is 14.9 Å². The van der Waals surface area contributed by atoms with Crippen LogP contribution in [0, 0.1) is 0 Å². The Labute approximate surface area is 126 Å². The Morgan fingerprint density at radius 3 is 2.43 bits per heavy atom. The fraction of sp³-hybridized carbons (Fsp3) is 0.867. The highest BCUT2D eigenvalue weighted by atomic mass is 16.3. The average Bonchev–Trinajstić information content (AvgIpc) is 2.48. The van der Waals surface area contributed by atoms with Gasteiger partial charge in [-0.15, -0.1) is 0 Å². The van der Waals surface area contributed by atoms with Gasteiger partial charge in [0, 0.05) is 58.7 Å². The molecule has 120 valence electrons. The van der Waals surface area contributed by atoms with Crippen LogP contribution in [0.3, 0.4) is 0 Å². The highest BCUT2D eigenvalue weighted by molar-refractivity contribution is 5.79. The number of aliphatic hydroxyl groups excluding tert-OH is 1. The quantitative estimate of drug-likeness (QED) is 0.788. The first-order valence-electron chi connectivity index (χ1n) is 8.00. The van der Waals surface area contributed by atoms with E-state index < -0.39 is 0 Å². The zero-order valence-corrected chi connectivity index (χ0v) is 13.0. The molecule has 0 aliphatic carbocycles. The van der Waals surface area contributed by atoms with E-state index >= 15 is 0 Å². The summed E-state index contributed by atoms with van der Waals surface area (Å²) in [6, 6.07) is 0.0826. The van der Waals surface area contributed by atoms with Crippen molar-refractivity contribution >= 4 is 11.8 Å². The zero-order chi connectivity index (χ0) is 15.2. The Morgan fingerprint density at radius 1 is 1.10 bits per heavy atom. The molecule has 0 aromatic heterocycles. The number of carbonyl (C=O) groups is 2. The first-order valence-corrected chi connectivity index (χ1v) is 8.00. The first-order chi connectivity index (χ1) is 10.1. The van der Waals surface area contributed by atoms with Gasteiger partial charge in [-0.1, -0.05) is 0 Å². The summed E-state index contributed by atoms with van der Waals surface area (Å²) < 4.78 is 0. The van der Waals surface area contributed by atoms with Gasteiger partial charge in [-0.3, -0.25) is 14.5 Å². The predicted molar refractivity (Wildman–Crippen MR) is 79.7 cm³/mol. The molecular weight excluding hydrogens is 270 g/mol. The van der Waals surface area contributed by atoms with Gasteiger partial charge in [0.05, 0.1) is 6.61 Å². The summed E-state index contributed by atoms with van der Waals surface area (Å²) in [5.74, 6) is 0.247. The average molecular weight is 297 g/mol. The van der Waals surface area contributed by atoms with Gasteiger partial charge in [0.1, 0.15) is 0 Å². The molecule has 2 rings (SSSR count). The standard InChI is InChI=1S/C15H27N3O3/c1-13(20)18-5-3-2-4-14(18)12-15(21)17-8-6-16(7-9-17)10-11-19/h14,19H,2-12H2,1H3. The minimum Gasteiger partial charge on any atom is -0.395 e. The van der Waals surface area contributed by atoms with E-state index in [1.165, 1.54) is 0 Å². The lowest BCUT2D eigenvalue weighted by atomic mass is 9.98. The first kappa shape index (κ1) is 16.2. The van der Waals surface area contributed by atoms with Crippen molar-refractivity contribution in [2.75, 3.05) is 45.9 Å². The summed E-state index contributed by atoms with van der Waals surface area (Å²) in [5.41, 5.74) is 0. The van der Waals surface area contributed by atoms with Crippen molar-refractivity contribution in [3.63, 3.8) is 0 Å². The van der Waals surface area contributed by atoms with Crippen LogP contribution in [0.25, 0.3) is 0 Å². The fourth-order valence-electron chi connectivity index (χ4n) is 3.32. The molecule has 2 aliphatic heterocycles. The van der Waals surface area contributed by atoms with E-state index in [1.807, 2.05) is 9.80 Å². The molecule has 21 heavy (non-hydrogen) atoms. The molecule has 1 unspecified atom stereocenters. The van der Waals surface area contributed by atoms with Crippen molar-refractivity contribution in [3.8, 4) is 0 Å². The van der Waals surface area contributed by atoms with E-state index in [2.05, 4.69) is 4.90 Å². The third-order valence-corrected chi connectivity index (χ3v) is 4.58. The van der Waals surface area contributed by atoms with Crippen LogP contribution < -0.4 is 0 Å². The summed E-state index contributed by atoms with van der Waals surface area (Å²) >= 11 is 0. The van der Waals surface area contributed by atoms with E-state index in [4.69, 9.17) is 5.11 Å². The van der Waals surface area contributed by atoms with Crippen LogP contribution in [0.1, 0.15) is 32.6 Å². The number of amides is 2. The largest absolute Gasteiger partial charge is 0.395 e. The number of carbonyl (C=O) groups excluding carboxylic acids is 2. The molecule has 6 heteroatoms. The Hall–Kier alpha value is -1.14. The molecule has 1 atom stereocenters. The van der Waals surface area contributed by atoms with Crippen molar-refractivity contribution in [1.82, 2.24) is 14.7 Å². The number of β-amino-alcohol motifs (C(OH)–C–C–N with tert-alkyl or cyclic N) is 1. The number of aliphatic hydroxyl groups is 1. The summed E-state index contributed by atoms with van der Waals surface area (Å²) in [4.78, 5) is 30.0. The number of piperazine rings is 1. The molecule has 2 saturated heterocycles. The third-order valence-electron chi connectivity index (χ3n) is 4.58. The minimum atomic E-state index is 0.0826. The van der Waals surface area contributed by atoms with Gasteiger partial charge in [-0.05, 0) is 19.3 Å². The van der Waals surface area contributed by atoms with E-state index in [1.54, 1.807) is 6.92 Å². The second-order valence-corrected chi connectivity index (χ2v) is 6.01. The molecule has 6 nitrogen and oxygen atoms in total. The molecule has 0 aromatic carbocycles. The van der Waals surface area contributed by atoms with E-state index in [0.717, 1.165) is 52.0 Å². The van der Waals surface area contributed by atoms with Gasteiger partial charge >= 0.3 is 0 Å². The Bertz CT molecular complexity index is 367. The van der Waals surface area contributed by atoms with Crippen molar-refractivity contribution in [2.24, 2.45) is 0 Å². The predicted octanol–water partition coefficient (Wildman–Crippen LogP) is -0.0860. The SMILES string of the molecule is CC(=O)N1CCCCC1CC(=O)N1CCN(CCO)CC1. The molecule has 0 aromatic rings. The molecule has 2 fully saturated rings. The Morgan fingerprint density at radius 2 is 1.81 bits per heavy atom. The zero-order valence-electron chi connectivity index (χ0n) is 13.0. The summed E-state index contributed by atoms with van der Waals surface area (Å²) in [5, 5.41) is 8.93. The maximum atomic E-state index is 12.4. The number of hydrogen-bond donors (Lipinski definition) is 1. The lowest BCUT2D eigenvalue weighted by molar-refractivity contribution is -0.138. The lowest BCUT2D eigenvalue weighted by Gasteiger charge is -2.38. The molecule has 2 amide bonds. The monoisotopic (exact) mass is 297 g/mol. The van der Waals surface area contributed by atoms with E-state index in [-0.39, 0.29) is 24.5 Å². The summed E-state index contributed by atoms with van der Waals surface area (Å²) in [6.45, 7) is 6.35. The number of rotatable bonds is 4. The maximum Gasteiger partial charge on any atom is 0.224 e. The van der Waals surface area contributed by atoms with Crippen molar-refractivity contribution in [3.05, 3.63) is 0 Å². The normalized spacial score (nSPS) is 24.2. The molecule has 1 N–H and O–H groups in total. The van der Waals surface area contributed by atoms with Crippen LogP contribution in [0.15, 0.2) is 0 Å². The second-order valence-electron chi connectivity index (χ2n) is 6.01. The van der Waals surface area contributed by atoms with E-state index in [9.17, 15) is 9.59 Å². The molecule has 2 heterocycles. The fourth-order valence-corrected chi connectivity index (χ4v) is 3.32. The lowest BCUT2D eigenvalue weighted by Crippen LogP contribution is -2.51. The molecular formula is C15H27N3O3. The highest BCUT2D eigenvalue weighted by Gasteiger charge is 2.29. The van der Waals surface area contributed by atoms with Gasteiger partial charge in [-0.25, -0.2) is 0 Å². The maximum absolute atomic E-state index is 12.4. The number of likely N-dealkylation sites (tertiary alicyclic amines) is 1. The molecule has 0 radical (unpaired) electrons. The highest BCUT2D eigenvalue weighted by Crippen LogP contribution is 2.21. The Balaban J connectivity index is 1.82. The van der Waals surface area contributed by atoms with Crippen LogP contribution in [-0.2, 0) is 9.59 Å². The molecule has 2 aliphatic rings. The van der Waals surface area contributed by atoms with Gasteiger partial charge in [0.15, 0.2) is 0 Å². The van der Waals surface area contributed by atoms with Crippen molar-refractivity contribution in [1.29, 1.82) is 0 Å². The summed E-state index contributed by atoms with van der Waals surface area (Å²) in [6.07, 6.45) is 3.55. The number of nitrogens with zero attached hydrogens (tertiary/aromatic N) is 3. The Kier molecular flexibility index (Phi) is 5.99. The van der Waals surface area contributed by atoms with Crippen molar-refractivity contribution < 1.29 is 14.7 Å². The van der Waals surface area contributed by atoms with Gasteiger partial charge in [-0.2, -0.15) is 0 Å². The third kappa shape index (κ3) is 4.41. The topological polar surface area (TPSA) is 64.1 Å². The van der Waals surface area contributed by atoms with Gasteiger partial charge in [0.2, 0.25) is 11.8 Å². The van der Waals surface area contributed by atoms with Crippen LogP contribution >= 0.6 is 0 Å². The minimum absolute atomic E-state index is 0.0826. The van der Waals surface area contributed by atoms with Crippen LogP contribution in [0.5, 0.6) is 0 Å². The molecule has 0 spiro atoms. The molecule has 0 saturated carbocycles.